The van der Waals surface area contributed by atoms with Crippen molar-refractivity contribution >= 4 is 21.6 Å². The molecule has 0 aliphatic rings. The van der Waals surface area contributed by atoms with E-state index in [1.807, 2.05) is 0 Å². The van der Waals surface area contributed by atoms with Gasteiger partial charge in [-0.3, -0.25) is 9.52 Å². The van der Waals surface area contributed by atoms with Crippen LogP contribution in [-0.2, 0) is 19.6 Å². The third kappa shape index (κ3) is 7.94. The Bertz CT molecular complexity index is 607. The summed E-state index contributed by atoms with van der Waals surface area (Å²) in [4.78, 5) is 11.9. The maximum Gasteiger partial charge on any atom is 0.233 e. The molecule has 1 aromatic carbocycles. The van der Waals surface area contributed by atoms with E-state index in [9.17, 15) is 17.6 Å². The number of methoxy groups -OCH3 is 1. The third-order valence-corrected chi connectivity index (χ3v) is 4.57. The number of nitrogens with one attached hydrogen (secondary N) is 2. The SMILES string of the molecule is COCCCCNC(=O)C(C)CS(=O)(=O)Nc1cccc(F)c1. The van der Waals surface area contributed by atoms with Crippen molar-refractivity contribution in [3.8, 4) is 0 Å². The summed E-state index contributed by atoms with van der Waals surface area (Å²) in [5, 5.41) is 2.69. The molecule has 23 heavy (non-hydrogen) atoms. The van der Waals surface area contributed by atoms with Gasteiger partial charge >= 0.3 is 0 Å². The predicted molar refractivity (Wildman–Crippen MR) is 87.1 cm³/mol. The molecule has 0 aromatic heterocycles. The van der Waals surface area contributed by atoms with Crippen LogP contribution < -0.4 is 10.0 Å². The van der Waals surface area contributed by atoms with Crippen molar-refractivity contribution in [2.24, 2.45) is 5.92 Å². The van der Waals surface area contributed by atoms with Gasteiger partial charge in [-0.2, -0.15) is 0 Å². The van der Waals surface area contributed by atoms with Gasteiger partial charge in [-0.1, -0.05) is 13.0 Å². The summed E-state index contributed by atoms with van der Waals surface area (Å²) in [6, 6.07) is 5.15. The first-order valence-corrected chi connectivity index (χ1v) is 9.02. The van der Waals surface area contributed by atoms with Gasteiger partial charge in [0.15, 0.2) is 0 Å². The van der Waals surface area contributed by atoms with Gasteiger partial charge in [0.1, 0.15) is 5.82 Å². The van der Waals surface area contributed by atoms with Gasteiger partial charge in [0.2, 0.25) is 15.9 Å². The smallest absolute Gasteiger partial charge is 0.233 e. The standard InChI is InChI=1S/C15H23FN2O4S/c1-12(15(19)17-8-3-4-9-22-2)11-23(20,21)18-14-7-5-6-13(16)10-14/h5-7,10,12,18H,3-4,8-9,11H2,1-2H3,(H,17,19). The van der Waals surface area contributed by atoms with Crippen LogP contribution in [0.3, 0.4) is 0 Å². The highest BCUT2D eigenvalue weighted by atomic mass is 32.2. The monoisotopic (exact) mass is 346 g/mol. The van der Waals surface area contributed by atoms with Crippen LogP contribution in [0.2, 0.25) is 0 Å². The molecule has 0 heterocycles. The fourth-order valence-corrected chi connectivity index (χ4v) is 3.31. The summed E-state index contributed by atoms with van der Waals surface area (Å²) < 4.78 is 44.2. The van der Waals surface area contributed by atoms with Gasteiger partial charge in [-0.05, 0) is 31.0 Å². The van der Waals surface area contributed by atoms with Crippen molar-refractivity contribution < 1.29 is 22.3 Å². The number of rotatable bonds is 10. The molecule has 8 heteroatoms. The minimum Gasteiger partial charge on any atom is -0.385 e. The molecule has 0 spiro atoms. The van der Waals surface area contributed by atoms with Crippen LogP contribution in [0.4, 0.5) is 10.1 Å². The Morgan fingerprint density at radius 2 is 2.09 bits per heavy atom. The van der Waals surface area contributed by atoms with Crippen LogP contribution in [0.25, 0.3) is 0 Å². The quantitative estimate of drug-likeness (QED) is 0.632. The molecule has 0 bridgehead atoms. The third-order valence-electron chi connectivity index (χ3n) is 3.09. The fraction of sp³-hybridized carbons (Fsp3) is 0.533. The van der Waals surface area contributed by atoms with Crippen LogP contribution in [0.15, 0.2) is 24.3 Å². The summed E-state index contributed by atoms with van der Waals surface area (Å²) in [6.07, 6.45) is 1.59. The molecule has 0 aliphatic heterocycles. The fourth-order valence-electron chi connectivity index (χ4n) is 1.94. The Kier molecular flexibility index (Phi) is 7.97. The lowest BCUT2D eigenvalue weighted by Crippen LogP contribution is -2.35. The summed E-state index contributed by atoms with van der Waals surface area (Å²) in [5.41, 5.74) is 0.136. The average molecular weight is 346 g/mol. The van der Waals surface area contributed by atoms with Gasteiger partial charge < -0.3 is 10.1 Å². The van der Waals surface area contributed by atoms with Gasteiger partial charge in [0.25, 0.3) is 0 Å². The van der Waals surface area contributed by atoms with E-state index < -0.39 is 21.8 Å². The highest BCUT2D eigenvalue weighted by Crippen LogP contribution is 2.12. The summed E-state index contributed by atoms with van der Waals surface area (Å²) in [6.45, 7) is 2.64. The molecular weight excluding hydrogens is 323 g/mol. The van der Waals surface area contributed by atoms with Crippen LogP contribution in [0.1, 0.15) is 19.8 Å². The van der Waals surface area contributed by atoms with E-state index in [0.29, 0.717) is 13.2 Å². The normalized spacial score (nSPS) is 12.7. The molecular formula is C15H23FN2O4S. The van der Waals surface area contributed by atoms with E-state index in [2.05, 4.69) is 10.0 Å². The molecule has 0 radical (unpaired) electrons. The molecule has 1 unspecified atom stereocenters. The lowest BCUT2D eigenvalue weighted by atomic mass is 10.2. The van der Waals surface area contributed by atoms with Crippen LogP contribution >= 0.6 is 0 Å². The number of hydrogen-bond donors (Lipinski definition) is 2. The first kappa shape index (κ1) is 19.4. The molecule has 1 aromatic rings. The van der Waals surface area contributed by atoms with Crippen molar-refractivity contribution in [2.75, 3.05) is 30.7 Å². The van der Waals surface area contributed by atoms with Crippen LogP contribution in [-0.4, -0.2) is 40.3 Å². The van der Waals surface area contributed by atoms with Crippen LogP contribution in [0.5, 0.6) is 0 Å². The minimum absolute atomic E-state index is 0.136. The molecule has 2 N–H and O–H groups in total. The number of benzene rings is 1. The number of halogens is 1. The zero-order valence-corrected chi connectivity index (χ0v) is 14.2. The molecule has 1 atom stereocenters. The number of sulfonamides is 1. The molecule has 0 saturated heterocycles. The first-order valence-electron chi connectivity index (χ1n) is 7.37. The largest absolute Gasteiger partial charge is 0.385 e. The minimum atomic E-state index is -3.73. The van der Waals surface area contributed by atoms with Gasteiger partial charge in [-0.25, -0.2) is 12.8 Å². The van der Waals surface area contributed by atoms with Crippen molar-refractivity contribution in [3.63, 3.8) is 0 Å². The van der Waals surface area contributed by atoms with E-state index in [1.165, 1.54) is 25.1 Å². The Balaban J connectivity index is 2.44. The van der Waals surface area contributed by atoms with E-state index in [1.54, 1.807) is 7.11 Å². The number of carbonyl (C=O) groups excluding carboxylic acids is 1. The van der Waals surface area contributed by atoms with Crippen molar-refractivity contribution in [2.45, 2.75) is 19.8 Å². The number of ether oxygens (including phenoxy) is 1. The molecule has 6 nitrogen and oxygen atoms in total. The molecule has 1 amide bonds. The second-order valence-corrected chi connectivity index (χ2v) is 7.05. The average Bonchev–Trinajstić information content (AvgIpc) is 2.45. The van der Waals surface area contributed by atoms with E-state index >= 15 is 0 Å². The van der Waals surface area contributed by atoms with E-state index in [-0.39, 0.29) is 17.3 Å². The molecule has 130 valence electrons. The first-order chi connectivity index (χ1) is 10.8. The molecule has 0 fully saturated rings. The lowest BCUT2D eigenvalue weighted by Gasteiger charge is -2.14. The second-order valence-electron chi connectivity index (χ2n) is 5.29. The van der Waals surface area contributed by atoms with E-state index in [0.717, 1.165) is 18.9 Å². The Hall–Kier alpha value is -1.67. The summed E-state index contributed by atoms with van der Waals surface area (Å²) in [7, 11) is -2.12. The highest BCUT2D eigenvalue weighted by Gasteiger charge is 2.21. The molecule has 1 rings (SSSR count). The lowest BCUT2D eigenvalue weighted by molar-refractivity contribution is -0.123. The Labute approximate surface area is 136 Å². The zero-order chi connectivity index (χ0) is 17.3. The number of hydrogen-bond acceptors (Lipinski definition) is 4. The number of amides is 1. The number of unbranched alkanes of at least 4 members (excludes halogenated alkanes) is 1. The van der Waals surface area contributed by atoms with Crippen LogP contribution in [0, 0.1) is 11.7 Å². The predicted octanol–water partition coefficient (Wildman–Crippen LogP) is 1.75. The Morgan fingerprint density at radius 1 is 1.35 bits per heavy atom. The maximum absolute atomic E-state index is 13.1. The summed E-state index contributed by atoms with van der Waals surface area (Å²) >= 11 is 0. The summed E-state index contributed by atoms with van der Waals surface area (Å²) in [5.74, 6) is -1.93. The van der Waals surface area contributed by atoms with E-state index in [4.69, 9.17) is 4.74 Å². The van der Waals surface area contributed by atoms with Gasteiger partial charge in [0, 0.05) is 20.3 Å². The maximum atomic E-state index is 13.1. The molecule has 0 aliphatic carbocycles. The van der Waals surface area contributed by atoms with Crippen molar-refractivity contribution in [1.29, 1.82) is 0 Å². The zero-order valence-electron chi connectivity index (χ0n) is 13.3. The Morgan fingerprint density at radius 3 is 2.74 bits per heavy atom. The number of anilines is 1. The number of carbonyl (C=O) groups is 1. The van der Waals surface area contributed by atoms with Gasteiger partial charge in [0.05, 0.1) is 17.4 Å². The van der Waals surface area contributed by atoms with Crippen molar-refractivity contribution in [3.05, 3.63) is 30.1 Å². The highest BCUT2D eigenvalue weighted by molar-refractivity contribution is 7.92. The van der Waals surface area contributed by atoms with Crippen molar-refractivity contribution in [1.82, 2.24) is 5.32 Å². The van der Waals surface area contributed by atoms with Gasteiger partial charge in [-0.15, -0.1) is 0 Å². The molecule has 0 saturated carbocycles. The second kappa shape index (κ2) is 9.46. The topological polar surface area (TPSA) is 84.5 Å².